The molecule has 1 saturated heterocycles. The van der Waals surface area contributed by atoms with E-state index in [1.165, 1.54) is 0 Å². The van der Waals surface area contributed by atoms with Crippen LogP contribution in [0.1, 0.15) is 29.3 Å². The van der Waals surface area contributed by atoms with E-state index in [0.29, 0.717) is 6.04 Å². The second-order valence-corrected chi connectivity index (χ2v) is 4.57. The highest BCUT2D eigenvalue weighted by Gasteiger charge is 2.24. The Labute approximate surface area is 115 Å². The van der Waals surface area contributed by atoms with E-state index in [1.54, 1.807) is 0 Å². The Kier molecular flexibility index (Phi) is 5.63. The molecule has 1 aliphatic heterocycles. The third-order valence-corrected chi connectivity index (χ3v) is 3.53. The van der Waals surface area contributed by atoms with Gasteiger partial charge >= 0.3 is 0 Å². The van der Waals surface area contributed by atoms with Crippen LogP contribution in [0.4, 0.5) is 0 Å². The van der Waals surface area contributed by atoms with Crippen LogP contribution in [-0.2, 0) is 6.42 Å². The molecule has 0 radical (unpaired) electrons. The van der Waals surface area contributed by atoms with Crippen LogP contribution in [0.25, 0.3) is 0 Å². The van der Waals surface area contributed by atoms with Gasteiger partial charge in [-0.2, -0.15) is 0 Å². The Morgan fingerprint density at radius 3 is 2.78 bits per heavy atom. The van der Waals surface area contributed by atoms with Crippen molar-refractivity contribution in [1.82, 2.24) is 10.2 Å². The molecule has 4 heteroatoms. The van der Waals surface area contributed by atoms with Crippen molar-refractivity contribution in [2.24, 2.45) is 0 Å². The van der Waals surface area contributed by atoms with Gasteiger partial charge in [-0.1, -0.05) is 25.1 Å². The van der Waals surface area contributed by atoms with Crippen LogP contribution in [0.2, 0.25) is 0 Å². The maximum Gasteiger partial charge on any atom is 0.254 e. The molecule has 1 heterocycles. The average Bonchev–Trinajstić information content (AvgIpc) is 2.90. The number of halogens is 1. The van der Waals surface area contributed by atoms with Gasteiger partial charge in [0.2, 0.25) is 0 Å². The molecule has 1 amide bonds. The predicted octanol–water partition coefficient (Wildman–Crippen LogP) is 2.10. The van der Waals surface area contributed by atoms with Crippen molar-refractivity contribution in [2.75, 3.05) is 20.1 Å². The molecule has 1 aromatic rings. The highest BCUT2D eigenvalue weighted by atomic mass is 35.5. The number of hydrogen-bond donors (Lipinski definition) is 1. The minimum atomic E-state index is 0. The molecule has 3 nitrogen and oxygen atoms in total. The first-order valence-corrected chi connectivity index (χ1v) is 6.29. The Morgan fingerprint density at radius 1 is 1.44 bits per heavy atom. The van der Waals surface area contributed by atoms with E-state index >= 15 is 0 Å². The summed E-state index contributed by atoms with van der Waals surface area (Å²) >= 11 is 0. The quantitative estimate of drug-likeness (QED) is 0.911. The van der Waals surface area contributed by atoms with E-state index in [4.69, 9.17) is 0 Å². The molecule has 1 N–H and O–H groups in total. The standard InChI is InChI=1S/C14H20N2O.ClH/c1-3-11-6-4-5-7-13(11)14(17)16(2)12-8-9-15-10-12;/h4-7,12,15H,3,8-10H2,1-2H3;1H/t12-;/m1./s1. The van der Waals surface area contributed by atoms with E-state index < -0.39 is 0 Å². The van der Waals surface area contributed by atoms with Crippen molar-refractivity contribution in [2.45, 2.75) is 25.8 Å². The van der Waals surface area contributed by atoms with Gasteiger partial charge in [-0.15, -0.1) is 12.4 Å². The molecule has 0 saturated carbocycles. The predicted molar refractivity (Wildman–Crippen MR) is 76.4 cm³/mol. The van der Waals surface area contributed by atoms with Gasteiger partial charge in [-0.05, 0) is 31.0 Å². The molecule has 0 unspecified atom stereocenters. The van der Waals surface area contributed by atoms with Crippen molar-refractivity contribution < 1.29 is 4.79 Å². The smallest absolute Gasteiger partial charge is 0.254 e. The Hall–Kier alpha value is -1.06. The van der Waals surface area contributed by atoms with Crippen molar-refractivity contribution in [3.63, 3.8) is 0 Å². The van der Waals surface area contributed by atoms with Gasteiger partial charge in [-0.3, -0.25) is 4.79 Å². The normalized spacial score (nSPS) is 18.2. The van der Waals surface area contributed by atoms with Crippen molar-refractivity contribution in [1.29, 1.82) is 0 Å². The molecule has 0 aliphatic carbocycles. The van der Waals surface area contributed by atoms with Crippen LogP contribution in [-0.4, -0.2) is 37.0 Å². The molecule has 0 aromatic heterocycles. The zero-order valence-corrected chi connectivity index (χ0v) is 11.8. The minimum absolute atomic E-state index is 0. The number of carbonyl (C=O) groups is 1. The Balaban J connectivity index is 0.00000162. The zero-order chi connectivity index (χ0) is 12.3. The molecule has 18 heavy (non-hydrogen) atoms. The minimum Gasteiger partial charge on any atom is -0.337 e. The number of nitrogens with one attached hydrogen (secondary N) is 1. The lowest BCUT2D eigenvalue weighted by atomic mass is 10.0. The summed E-state index contributed by atoms with van der Waals surface area (Å²) in [5.74, 6) is 0.149. The summed E-state index contributed by atoms with van der Waals surface area (Å²) in [6.45, 7) is 4.01. The molecular weight excluding hydrogens is 248 g/mol. The number of amides is 1. The van der Waals surface area contributed by atoms with Gasteiger partial charge in [-0.25, -0.2) is 0 Å². The SMILES string of the molecule is CCc1ccccc1C(=O)N(C)[C@@H]1CCNC1.Cl. The lowest BCUT2D eigenvalue weighted by molar-refractivity contribution is 0.0742. The average molecular weight is 269 g/mol. The highest BCUT2D eigenvalue weighted by Crippen LogP contribution is 2.15. The van der Waals surface area contributed by atoms with Crippen LogP contribution >= 0.6 is 12.4 Å². The molecule has 0 bridgehead atoms. The number of nitrogens with zero attached hydrogens (tertiary/aromatic N) is 1. The van der Waals surface area contributed by atoms with E-state index in [0.717, 1.165) is 37.1 Å². The number of rotatable bonds is 3. The molecule has 2 rings (SSSR count). The van der Waals surface area contributed by atoms with Crippen LogP contribution in [0.3, 0.4) is 0 Å². The molecule has 0 spiro atoms. The monoisotopic (exact) mass is 268 g/mol. The summed E-state index contributed by atoms with van der Waals surface area (Å²) in [4.78, 5) is 14.3. The second kappa shape index (κ2) is 6.76. The van der Waals surface area contributed by atoms with E-state index in [-0.39, 0.29) is 18.3 Å². The highest BCUT2D eigenvalue weighted by molar-refractivity contribution is 5.95. The summed E-state index contributed by atoms with van der Waals surface area (Å²) < 4.78 is 0. The third-order valence-electron chi connectivity index (χ3n) is 3.53. The molecule has 1 fully saturated rings. The number of carbonyl (C=O) groups excluding carboxylic acids is 1. The Morgan fingerprint density at radius 2 is 2.17 bits per heavy atom. The largest absolute Gasteiger partial charge is 0.337 e. The summed E-state index contributed by atoms with van der Waals surface area (Å²) in [6, 6.07) is 8.24. The fourth-order valence-electron chi connectivity index (χ4n) is 2.36. The van der Waals surface area contributed by atoms with Crippen molar-refractivity contribution >= 4 is 18.3 Å². The molecule has 1 aliphatic rings. The van der Waals surface area contributed by atoms with E-state index in [2.05, 4.69) is 12.2 Å². The third kappa shape index (κ3) is 3.03. The molecular formula is C14H21ClN2O. The van der Waals surface area contributed by atoms with Gasteiger partial charge in [0.05, 0.1) is 0 Å². The van der Waals surface area contributed by atoms with Crippen LogP contribution in [0.5, 0.6) is 0 Å². The first kappa shape index (κ1) is 15.0. The fourth-order valence-corrected chi connectivity index (χ4v) is 2.36. The fraction of sp³-hybridized carbons (Fsp3) is 0.500. The molecule has 1 atom stereocenters. The number of hydrogen-bond acceptors (Lipinski definition) is 2. The lowest BCUT2D eigenvalue weighted by Crippen LogP contribution is -2.38. The first-order valence-electron chi connectivity index (χ1n) is 6.29. The second-order valence-electron chi connectivity index (χ2n) is 4.57. The summed E-state index contributed by atoms with van der Waals surface area (Å²) in [5.41, 5.74) is 1.99. The maximum absolute atomic E-state index is 12.4. The number of benzene rings is 1. The number of likely N-dealkylation sites (N-methyl/N-ethyl adjacent to an activating group) is 1. The summed E-state index contributed by atoms with van der Waals surface area (Å²) in [6.07, 6.45) is 1.95. The van der Waals surface area contributed by atoms with Crippen molar-refractivity contribution in [3.8, 4) is 0 Å². The van der Waals surface area contributed by atoms with E-state index in [1.807, 2.05) is 36.2 Å². The summed E-state index contributed by atoms with van der Waals surface area (Å²) in [7, 11) is 1.91. The lowest BCUT2D eigenvalue weighted by Gasteiger charge is -2.24. The van der Waals surface area contributed by atoms with Gasteiger partial charge in [0.1, 0.15) is 0 Å². The first-order chi connectivity index (χ1) is 8.24. The number of aryl methyl sites for hydroxylation is 1. The van der Waals surface area contributed by atoms with Crippen LogP contribution in [0, 0.1) is 0 Å². The maximum atomic E-state index is 12.4. The van der Waals surface area contributed by atoms with Crippen LogP contribution < -0.4 is 5.32 Å². The summed E-state index contributed by atoms with van der Waals surface area (Å²) in [5, 5.41) is 3.29. The van der Waals surface area contributed by atoms with Gasteiger partial charge in [0, 0.05) is 25.2 Å². The van der Waals surface area contributed by atoms with Gasteiger partial charge in [0.25, 0.3) is 5.91 Å². The topological polar surface area (TPSA) is 32.3 Å². The zero-order valence-electron chi connectivity index (χ0n) is 11.0. The van der Waals surface area contributed by atoms with Crippen LogP contribution in [0.15, 0.2) is 24.3 Å². The Bertz CT molecular complexity index is 403. The van der Waals surface area contributed by atoms with Gasteiger partial charge in [0.15, 0.2) is 0 Å². The molecule has 1 aromatic carbocycles. The van der Waals surface area contributed by atoms with Crippen molar-refractivity contribution in [3.05, 3.63) is 35.4 Å². The molecule has 100 valence electrons. The van der Waals surface area contributed by atoms with Gasteiger partial charge < -0.3 is 10.2 Å². The van der Waals surface area contributed by atoms with E-state index in [9.17, 15) is 4.79 Å².